The molecule has 0 bridgehead atoms. The first-order chi connectivity index (χ1) is 5.26. The van der Waals surface area contributed by atoms with Crippen LogP contribution in [-0.2, 0) is 0 Å². The largest absolute Gasteiger partial charge is 0.497 e. The lowest BCUT2D eigenvalue weighted by Crippen LogP contribution is -1.95. The molecule has 0 aliphatic heterocycles. The van der Waals surface area contributed by atoms with Crippen molar-refractivity contribution < 1.29 is 4.74 Å². The first-order valence-corrected chi connectivity index (χ1v) is 3.46. The number of rotatable bonds is 2. The van der Waals surface area contributed by atoms with E-state index in [2.05, 4.69) is 10.3 Å². The van der Waals surface area contributed by atoms with Gasteiger partial charge in [0.1, 0.15) is 11.6 Å². The quantitative estimate of drug-likeness (QED) is 0.696. The summed E-state index contributed by atoms with van der Waals surface area (Å²) in [5.41, 5.74) is 0.953. The molecule has 0 aliphatic rings. The monoisotopic (exact) mass is 152 g/mol. The lowest BCUT2D eigenvalue weighted by Gasteiger charge is -2.04. The number of methoxy groups -OCH3 is 1. The van der Waals surface area contributed by atoms with E-state index in [9.17, 15) is 0 Å². The van der Waals surface area contributed by atoms with E-state index in [1.54, 1.807) is 7.11 Å². The molecule has 1 aromatic heterocycles. The third-order valence-electron chi connectivity index (χ3n) is 1.42. The van der Waals surface area contributed by atoms with Crippen LogP contribution in [-0.4, -0.2) is 19.1 Å². The number of aromatic nitrogens is 1. The van der Waals surface area contributed by atoms with Crippen LogP contribution in [0, 0.1) is 6.92 Å². The van der Waals surface area contributed by atoms with Crippen molar-refractivity contribution in [3.05, 3.63) is 17.8 Å². The van der Waals surface area contributed by atoms with Gasteiger partial charge in [-0.3, -0.25) is 0 Å². The summed E-state index contributed by atoms with van der Waals surface area (Å²) in [6.07, 6.45) is 0. The summed E-state index contributed by atoms with van der Waals surface area (Å²) in [6, 6.07) is 3.74. The van der Waals surface area contributed by atoms with Gasteiger partial charge >= 0.3 is 0 Å². The minimum atomic E-state index is 0.835. The molecular formula is C8H12N2O. The van der Waals surface area contributed by atoms with Crippen LogP contribution in [0.4, 0.5) is 5.82 Å². The van der Waals surface area contributed by atoms with Crippen LogP contribution in [0.25, 0.3) is 0 Å². The van der Waals surface area contributed by atoms with Gasteiger partial charge in [-0.1, -0.05) is 0 Å². The second-order valence-electron chi connectivity index (χ2n) is 2.28. The summed E-state index contributed by atoms with van der Waals surface area (Å²) >= 11 is 0. The van der Waals surface area contributed by atoms with Gasteiger partial charge in [-0.25, -0.2) is 4.98 Å². The molecule has 0 atom stereocenters. The average Bonchev–Trinajstić information content (AvgIpc) is 2.03. The minimum Gasteiger partial charge on any atom is -0.497 e. The molecule has 1 heterocycles. The highest BCUT2D eigenvalue weighted by Gasteiger charge is 1.96. The molecule has 1 aromatic rings. The summed E-state index contributed by atoms with van der Waals surface area (Å²) < 4.78 is 5.06. The van der Waals surface area contributed by atoms with Gasteiger partial charge in [0.05, 0.1) is 7.11 Å². The predicted molar refractivity (Wildman–Crippen MR) is 45.1 cm³/mol. The Balaban J connectivity index is 3.02. The van der Waals surface area contributed by atoms with Crippen molar-refractivity contribution in [2.24, 2.45) is 0 Å². The van der Waals surface area contributed by atoms with Crippen LogP contribution in [0.3, 0.4) is 0 Å². The zero-order valence-corrected chi connectivity index (χ0v) is 7.01. The molecule has 0 radical (unpaired) electrons. The van der Waals surface area contributed by atoms with Crippen LogP contribution >= 0.6 is 0 Å². The van der Waals surface area contributed by atoms with E-state index in [1.165, 1.54) is 0 Å². The van der Waals surface area contributed by atoms with Crippen LogP contribution in [0.2, 0.25) is 0 Å². The maximum Gasteiger partial charge on any atom is 0.129 e. The SMILES string of the molecule is CNc1cc(OC)cc(C)n1. The number of hydrogen-bond acceptors (Lipinski definition) is 3. The maximum absolute atomic E-state index is 5.06. The highest BCUT2D eigenvalue weighted by molar-refractivity contribution is 5.41. The number of ether oxygens (including phenoxy) is 1. The molecule has 0 saturated heterocycles. The second kappa shape index (κ2) is 3.23. The average molecular weight is 152 g/mol. The lowest BCUT2D eigenvalue weighted by molar-refractivity contribution is 0.414. The Kier molecular flexibility index (Phi) is 2.31. The normalized spacial score (nSPS) is 9.36. The van der Waals surface area contributed by atoms with Crippen LogP contribution in [0.5, 0.6) is 5.75 Å². The van der Waals surface area contributed by atoms with Crippen molar-refractivity contribution in [2.45, 2.75) is 6.92 Å². The topological polar surface area (TPSA) is 34.1 Å². The molecule has 0 saturated carbocycles. The highest BCUT2D eigenvalue weighted by atomic mass is 16.5. The Labute approximate surface area is 66.4 Å². The molecule has 0 aromatic carbocycles. The highest BCUT2D eigenvalue weighted by Crippen LogP contribution is 2.15. The molecule has 0 fully saturated rings. The van der Waals surface area contributed by atoms with E-state index in [0.717, 1.165) is 17.3 Å². The lowest BCUT2D eigenvalue weighted by atomic mass is 10.3. The van der Waals surface area contributed by atoms with Gasteiger partial charge in [0.25, 0.3) is 0 Å². The summed E-state index contributed by atoms with van der Waals surface area (Å²) in [6.45, 7) is 1.93. The van der Waals surface area contributed by atoms with Crippen LogP contribution < -0.4 is 10.1 Å². The predicted octanol–water partition coefficient (Wildman–Crippen LogP) is 1.44. The van der Waals surface area contributed by atoms with Crippen molar-refractivity contribution in [3.8, 4) is 5.75 Å². The fourth-order valence-corrected chi connectivity index (χ4v) is 0.883. The van der Waals surface area contributed by atoms with Crippen molar-refractivity contribution in [3.63, 3.8) is 0 Å². The van der Waals surface area contributed by atoms with Gasteiger partial charge in [0, 0.05) is 24.9 Å². The molecule has 0 aliphatic carbocycles. The number of anilines is 1. The molecule has 11 heavy (non-hydrogen) atoms. The standard InChI is InChI=1S/C8H12N2O/c1-6-4-7(11-3)5-8(9-2)10-6/h4-5H,1-3H3,(H,9,10). The Hall–Kier alpha value is -1.25. The Bertz CT molecular complexity index is 226. The first kappa shape index (κ1) is 7.85. The van der Waals surface area contributed by atoms with Crippen molar-refractivity contribution in [1.82, 2.24) is 4.98 Å². The zero-order valence-electron chi connectivity index (χ0n) is 7.01. The molecule has 0 spiro atoms. The van der Waals surface area contributed by atoms with Crippen LogP contribution in [0.15, 0.2) is 12.1 Å². The van der Waals surface area contributed by atoms with E-state index >= 15 is 0 Å². The molecular weight excluding hydrogens is 140 g/mol. The molecule has 60 valence electrons. The fourth-order valence-electron chi connectivity index (χ4n) is 0.883. The van der Waals surface area contributed by atoms with Gasteiger partial charge < -0.3 is 10.1 Å². The van der Waals surface area contributed by atoms with Gasteiger partial charge in [0.2, 0.25) is 0 Å². The van der Waals surface area contributed by atoms with Gasteiger partial charge in [-0.15, -0.1) is 0 Å². The molecule has 0 amide bonds. The smallest absolute Gasteiger partial charge is 0.129 e. The molecule has 3 heteroatoms. The maximum atomic E-state index is 5.06. The second-order valence-corrected chi connectivity index (χ2v) is 2.28. The number of aryl methyl sites for hydroxylation is 1. The third kappa shape index (κ3) is 1.83. The van der Waals surface area contributed by atoms with Gasteiger partial charge in [-0.05, 0) is 6.92 Å². The Morgan fingerprint density at radius 2 is 2.18 bits per heavy atom. The summed E-state index contributed by atoms with van der Waals surface area (Å²) in [4.78, 5) is 4.21. The molecule has 1 rings (SSSR count). The first-order valence-electron chi connectivity index (χ1n) is 3.46. The van der Waals surface area contributed by atoms with Gasteiger partial charge in [-0.2, -0.15) is 0 Å². The molecule has 1 N–H and O–H groups in total. The number of pyridine rings is 1. The van der Waals surface area contributed by atoms with Crippen molar-refractivity contribution in [1.29, 1.82) is 0 Å². The Morgan fingerprint density at radius 3 is 2.73 bits per heavy atom. The minimum absolute atomic E-state index is 0.835. The number of hydrogen-bond donors (Lipinski definition) is 1. The van der Waals surface area contributed by atoms with E-state index in [0.29, 0.717) is 0 Å². The van der Waals surface area contributed by atoms with Crippen molar-refractivity contribution >= 4 is 5.82 Å². The summed E-state index contributed by atoms with van der Waals surface area (Å²) in [5, 5.41) is 2.95. The van der Waals surface area contributed by atoms with E-state index in [4.69, 9.17) is 4.74 Å². The molecule has 3 nitrogen and oxygen atoms in total. The van der Waals surface area contributed by atoms with Crippen molar-refractivity contribution in [2.75, 3.05) is 19.5 Å². The third-order valence-corrected chi connectivity index (χ3v) is 1.42. The van der Waals surface area contributed by atoms with E-state index in [-0.39, 0.29) is 0 Å². The Morgan fingerprint density at radius 1 is 1.45 bits per heavy atom. The van der Waals surface area contributed by atoms with E-state index in [1.807, 2.05) is 26.1 Å². The number of nitrogens with one attached hydrogen (secondary N) is 1. The van der Waals surface area contributed by atoms with Crippen LogP contribution in [0.1, 0.15) is 5.69 Å². The number of nitrogens with zero attached hydrogens (tertiary/aromatic N) is 1. The summed E-state index contributed by atoms with van der Waals surface area (Å²) in [5.74, 6) is 1.67. The van der Waals surface area contributed by atoms with Gasteiger partial charge in [0.15, 0.2) is 0 Å². The van der Waals surface area contributed by atoms with E-state index < -0.39 is 0 Å². The zero-order chi connectivity index (χ0) is 8.27. The summed E-state index contributed by atoms with van der Waals surface area (Å²) in [7, 11) is 3.48. The fraction of sp³-hybridized carbons (Fsp3) is 0.375. The molecule has 0 unspecified atom stereocenters.